The Hall–Kier alpha value is -2.99. The van der Waals surface area contributed by atoms with E-state index in [1.807, 2.05) is 13.8 Å². The molecule has 1 amide bonds. The van der Waals surface area contributed by atoms with E-state index in [1.165, 1.54) is 31.1 Å². The maximum Gasteiger partial charge on any atom is 0.350 e. The third kappa shape index (κ3) is 5.55. The molecule has 4 aliphatic rings. The summed E-state index contributed by atoms with van der Waals surface area (Å²) in [5.41, 5.74) is 0.959. The van der Waals surface area contributed by atoms with Crippen molar-refractivity contribution >= 4 is 46.0 Å². The van der Waals surface area contributed by atoms with E-state index >= 15 is 4.39 Å². The lowest BCUT2D eigenvalue weighted by Gasteiger charge is -2.45. The molecule has 3 atom stereocenters. The molecule has 3 fully saturated rings. The van der Waals surface area contributed by atoms with E-state index in [9.17, 15) is 14.0 Å². The zero-order chi connectivity index (χ0) is 31.6. The Balaban J connectivity index is 1.34. The Morgan fingerprint density at radius 3 is 2.56 bits per heavy atom. The summed E-state index contributed by atoms with van der Waals surface area (Å²) < 4.78 is 31.0. The Morgan fingerprint density at radius 2 is 1.87 bits per heavy atom. The van der Waals surface area contributed by atoms with Gasteiger partial charge in [0.05, 0.1) is 16.6 Å². The van der Waals surface area contributed by atoms with Gasteiger partial charge in [-0.15, -0.1) is 11.8 Å². The van der Waals surface area contributed by atoms with E-state index in [0.29, 0.717) is 57.6 Å². The lowest BCUT2D eigenvalue weighted by atomic mass is 10.0. The number of amides is 1. The van der Waals surface area contributed by atoms with Crippen LogP contribution in [0.3, 0.4) is 0 Å². The van der Waals surface area contributed by atoms with Crippen LogP contribution in [0.1, 0.15) is 32.7 Å². The molecule has 0 bridgehead atoms. The van der Waals surface area contributed by atoms with E-state index in [2.05, 4.69) is 21.3 Å². The first-order valence-corrected chi connectivity index (χ1v) is 17.0. The highest BCUT2D eigenvalue weighted by molar-refractivity contribution is 7.99. The van der Waals surface area contributed by atoms with Gasteiger partial charge in [-0.1, -0.05) is 18.2 Å². The topological polar surface area (TPSA) is 64.9 Å². The molecule has 2 saturated heterocycles. The fourth-order valence-corrected chi connectivity index (χ4v) is 8.94. The molecule has 3 aliphatic heterocycles. The van der Waals surface area contributed by atoms with Crippen LogP contribution in [0.5, 0.6) is 0 Å². The first-order valence-electron chi connectivity index (χ1n) is 15.7. The Kier molecular flexibility index (Phi) is 8.16. The molecule has 12 heteroatoms. The number of carbonyl (C=O) groups excluding carboxylic acids is 1. The molecule has 1 saturated carbocycles. The molecule has 0 spiro atoms. The average molecular weight is 655 g/mol. The highest BCUT2D eigenvalue weighted by Crippen LogP contribution is 2.48. The van der Waals surface area contributed by atoms with Crippen LogP contribution in [-0.2, 0) is 4.79 Å². The summed E-state index contributed by atoms with van der Waals surface area (Å²) in [6.07, 6.45) is 3.90. The van der Waals surface area contributed by atoms with Gasteiger partial charge >= 0.3 is 5.69 Å². The van der Waals surface area contributed by atoms with Gasteiger partial charge in [0, 0.05) is 97.2 Å². The minimum absolute atomic E-state index is 0.134. The predicted octanol–water partition coefficient (Wildman–Crippen LogP) is 5.03. The van der Waals surface area contributed by atoms with Crippen LogP contribution in [0.15, 0.2) is 46.6 Å². The number of rotatable bonds is 6. The molecule has 4 heterocycles. The average Bonchev–Trinajstić information content (AvgIpc) is 3.87. The molecule has 0 unspecified atom stereocenters. The van der Waals surface area contributed by atoms with E-state index in [-0.39, 0.29) is 35.3 Å². The zero-order valence-electron chi connectivity index (χ0n) is 25.5. The molecule has 8 nitrogen and oxygen atoms in total. The van der Waals surface area contributed by atoms with E-state index in [0.717, 1.165) is 38.3 Å². The maximum absolute atomic E-state index is 15.3. The minimum atomic E-state index is -0.711. The molecule has 45 heavy (non-hydrogen) atoms. The minimum Gasteiger partial charge on any atom is -0.349 e. The quantitative estimate of drug-likeness (QED) is 0.346. The molecule has 2 aromatic carbocycles. The van der Waals surface area contributed by atoms with E-state index in [1.54, 1.807) is 27.3 Å². The number of halogens is 3. The first kappa shape index (κ1) is 30.7. The number of anilines is 1. The molecule has 7 rings (SSSR count). The van der Waals surface area contributed by atoms with Crippen LogP contribution < -0.4 is 10.6 Å². The van der Waals surface area contributed by atoms with Crippen molar-refractivity contribution in [2.75, 3.05) is 56.5 Å². The summed E-state index contributed by atoms with van der Waals surface area (Å²) in [6, 6.07) is 5.58. The summed E-state index contributed by atoms with van der Waals surface area (Å²) in [5, 5.41) is 1.01. The van der Waals surface area contributed by atoms with Crippen LogP contribution in [0, 0.1) is 11.6 Å². The van der Waals surface area contributed by atoms with Gasteiger partial charge in [0.1, 0.15) is 17.5 Å². The number of aromatic nitrogens is 2. The summed E-state index contributed by atoms with van der Waals surface area (Å²) >= 11 is 8.52. The summed E-state index contributed by atoms with van der Waals surface area (Å²) in [6.45, 7) is 13.2. The number of nitrogens with zero attached hydrogens (tertiary/aromatic N) is 6. The van der Waals surface area contributed by atoms with Crippen LogP contribution in [0.4, 0.5) is 14.6 Å². The monoisotopic (exact) mass is 654 g/mol. The summed E-state index contributed by atoms with van der Waals surface area (Å²) in [5.74, 6) is -0.415. The van der Waals surface area contributed by atoms with Gasteiger partial charge in [-0.3, -0.25) is 19.2 Å². The standard InChI is InChI=1S/C33H37ClF2N6O2S/c1-4-28(43)40-15-20(3)41(16-19(40)2)32-25-14-26(34)29(24-8-5-21(35)13-27(24)36)31-30(25)42(33(44)37-32)23(18-45-31)17-38-9-11-39(12-10-38)22-6-7-22/h4-5,8,13-14,19-20,22-23H,1,6-7,9-12,15-18H2,2-3H3/t19-,20+,23+/m1/s1. The molecule has 238 valence electrons. The van der Waals surface area contributed by atoms with E-state index < -0.39 is 11.6 Å². The van der Waals surface area contributed by atoms with Crippen molar-refractivity contribution < 1.29 is 13.6 Å². The molecule has 3 aromatic rings. The molecule has 1 aliphatic carbocycles. The third-order valence-electron chi connectivity index (χ3n) is 9.74. The normalized spacial score (nSPS) is 24.3. The Labute approximate surface area is 270 Å². The van der Waals surface area contributed by atoms with Crippen LogP contribution in [0.25, 0.3) is 22.0 Å². The zero-order valence-corrected chi connectivity index (χ0v) is 27.1. The van der Waals surface area contributed by atoms with Crippen LogP contribution >= 0.6 is 23.4 Å². The van der Waals surface area contributed by atoms with Crippen molar-refractivity contribution in [1.29, 1.82) is 0 Å². The number of piperazine rings is 2. The lowest BCUT2D eigenvalue weighted by molar-refractivity contribution is -0.128. The van der Waals surface area contributed by atoms with Crippen molar-refractivity contribution in [3.63, 3.8) is 0 Å². The number of hydrogen-bond acceptors (Lipinski definition) is 7. The van der Waals surface area contributed by atoms with Gasteiger partial charge in [-0.2, -0.15) is 4.98 Å². The lowest BCUT2D eigenvalue weighted by Crippen LogP contribution is -2.58. The van der Waals surface area contributed by atoms with Gasteiger partial charge in [-0.05, 0) is 51.0 Å². The van der Waals surface area contributed by atoms with Crippen molar-refractivity contribution in [2.24, 2.45) is 0 Å². The van der Waals surface area contributed by atoms with Crippen LogP contribution in [-0.4, -0.2) is 99.8 Å². The summed E-state index contributed by atoms with van der Waals surface area (Å²) in [7, 11) is 0. The van der Waals surface area contributed by atoms with Crippen molar-refractivity contribution in [2.45, 2.75) is 55.8 Å². The SMILES string of the molecule is C=CC(=O)N1C[C@H](C)N(c2nc(=O)n3c4c(c(-c5ccc(F)cc5F)c(Cl)cc24)SC[C@@H]3CN2CCN(C3CC3)CC2)C[C@H]1C. The number of carbonyl (C=O) groups is 1. The largest absolute Gasteiger partial charge is 0.350 e. The van der Waals surface area contributed by atoms with Crippen molar-refractivity contribution in [1.82, 2.24) is 24.3 Å². The van der Waals surface area contributed by atoms with Gasteiger partial charge in [0.15, 0.2) is 0 Å². The van der Waals surface area contributed by atoms with Gasteiger partial charge < -0.3 is 9.80 Å². The van der Waals surface area contributed by atoms with E-state index in [4.69, 9.17) is 16.6 Å². The highest BCUT2D eigenvalue weighted by Gasteiger charge is 2.37. The number of thioether (sulfide) groups is 1. The molecular formula is C33H37ClF2N6O2S. The highest BCUT2D eigenvalue weighted by atomic mass is 35.5. The molecule has 0 radical (unpaired) electrons. The third-order valence-corrected chi connectivity index (χ3v) is 11.3. The van der Waals surface area contributed by atoms with Gasteiger partial charge in [-0.25, -0.2) is 13.6 Å². The maximum atomic E-state index is 15.3. The van der Waals surface area contributed by atoms with Gasteiger partial charge in [0.2, 0.25) is 5.91 Å². The second-order valence-corrected chi connectivity index (χ2v) is 14.2. The Bertz CT molecular complexity index is 1740. The fourth-order valence-electron chi connectivity index (χ4n) is 7.25. The fraction of sp³-hybridized carbons (Fsp3) is 0.485. The molecule has 0 N–H and O–H groups in total. The Morgan fingerprint density at radius 1 is 1.11 bits per heavy atom. The number of hydrogen-bond donors (Lipinski definition) is 0. The second-order valence-electron chi connectivity index (χ2n) is 12.7. The predicted molar refractivity (Wildman–Crippen MR) is 175 cm³/mol. The van der Waals surface area contributed by atoms with Crippen LogP contribution in [0.2, 0.25) is 5.02 Å². The second kappa shape index (κ2) is 12.0. The van der Waals surface area contributed by atoms with Crippen molar-refractivity contribution in [3.8, 4) is 11.1 Å². The summed E-state index contributed by atoms with van der Waals surface area (Å²) in [4.78, 5) is 40.9. The first-order chi connectivity index (χ1) is 21.6. The smallest absolute Gasteiger partial charge is 0.349 e. The molecule has 1 aromatic heterocycles. The van der Waals surface area contributed by atoms with Crippen molar-refractivity contribution in [3.05, 3.63) is 64.1 Å². The molecular weight excluding hydrogens is 618 g/mol. The number of benzene rings is 2. The van der Waals surface area contributed by atoms with Gasteiger partial charge in [0.25, 0.3) is 0 Å².